The lowest BCUT2D eigenvalue weighted by Gasteiger charge is -2.37. The van der Waals surface area contributed by atoms with E-state index in [4.69, 9.17) is 4.74 Å². The van der Waals surface area contributed by atoms with Crippen LogP contribution in [0.2, 0.25) is 0 Å². The number of hydrogen-bond acceptors (Lipinski definition) is 5. The van der Waals surface area contributed by atoms with Gasteiger partial charge >= 0.3 is 6.09 Å². The standard InChI is InChI=1S/C18H33N3O3/c1-5-14-6-8-18(23,9-7-14)13-20-15-12-21(11-10-19-15)16(22)24-17(2,3)4/h14,23H,5-13H2,1-4H3,(H,19,20). The minimum Gasteiger partial charge on any atom is -0.444 e. The zero-order chi connectivity index (χ0) is 17.8. The number of carbonyl (C=O) groups excluding carboxylic acids is 1. The normalized spacial score (nSPS) is 28.3. The average molecular weight is 339 g/mol. The molecule has 1 heterocycles. The van der Waals surface area contributed by atoms with Gasteiger partial charge in [0.15, 0.2) is 0 Å². The molecule has 2 rings (SSSR count). The van der Waals surface area contributed by atoms with Crippen molar-refractivity contribution in [2.24, 2.45) is 10.9 Å². The summed E-state index contributed by atoms with van der Waals surface area (Å²) in [5.74, 6) is 1.51. The minimum absolute atomic E-state index is 0.307. The van der Waals surface area contributed by atoms with Gasteiger partial charge in [-0.3, -0.25) is 9.89 Å². The van der Waals surface area contributed by atoms with Gasteiger partial charge in [0, 0.05) is 13.1 Å². The highest BCUT2D eigenvalue weighted by Crippen LogP contribution is 2.33. The topological polar surface area (TPSA) is 74.2 Å². The van der Waals surface area contributed by atoms with Gasteiger partial charge in [-0.1, -0.05) is 13.3 Å². The monoisotopic (exact) mass is 339 g/mol. The smallest absolute Gasteiger partial charge is 0.410 e. The van der Waals surface area contributed by atoms with Gasteiger partial charge in [-0.25, -0.2) is 4.79 Å². The van der Waals surface area contributed by atoms with E-state index < -0.39 is 11.2 Å². The summed E-state index contributed by atoms with van der Waals surface area (Å²) < 4.78 is 5.42. The lowest BCUT2D eigenvalue weighted by molar-refractivity contribution is -0.00534. The van der Waals surface area contributed by atoms with Crippen LogP contribution < -0.4 is 5.32 Å². The number of amides is 1. The van der Waals surface area contributed by atoms with Crippen LogP contribution in [0.5, 0.6) is 0 Å². The molecule has 2 N–H and O–H groups in total. The van der Waals surface area contributed by atoms with E-state index in [1.54, 1.807) is 4.90 Å². The highest BCUT2D eigenvalue weighted by Gasteiger charge is 2.33. The minimum atomic E-state index is -0.650. The molecule has 1 fully saturated rings. The number of amidine groups is 1. The number of aliphatic hydroxyl groups is 1. The number of carbonyl (C=O) groups is 1. The van der Waals surface area contributed by atoms with Gasteiger partial charge < -0.3 is 15.2 Å². The molecule has 6 heteroatoms. The number of hydrogen-bond donors (Lipinski definition) is 2. The van der Waals surface area contributed by atoms with Crippen LogP contribution in [0.25, 0.3) is 0 Å². The summed E-state index contributed by atoms with van der Waals surface area (Å²) in [6.07, 6.45) is 4.74. The SMILES string of the molecule is CCC1CCC(O)(CNC2=NCCN(C(=O)OC(C)(C)C)C2)CC1. The van der Waals surface area contributed by atoms with Crippen molar-refractivity contribution in [3.05, 3.63) is 0 Å². The van der Waals surface area contributed by atoms with Gasteiger partial charge in [0.1, 0.15) is 11.4 Å². The fourth-order valence-corrected chi connectivity index (χ4v) is 3.28. The molecule has 24 heavy (non-hydrogen) atoms. The Hall–Kier alpha value is -1.30. The molecule has 0 aromatic rings. The largest absolute Gasteiger partial charge is 0.444 e. The Bertz CT molecular complexity index is 463. The summed E-state index contributed by atoms with van der Waals surface area (Å²) >= 11 is 0. The summed E-state index contributed by atoms with van der Waals surface area (Å²) in [5, 5.41) is 14.0. The Labute approximate surface area is 145 Å². The Kier molecular flexibility index (Phi) is 6.12. The molecule has 0 aromatic heterocycles. The van der Waals surface area contributed by atoms with Gasteiger partial charge in [-0.05, 0) is 52.4 Å². The van der Waals surface area contributed by atoms with Crippen molar-refractivity contribution in [1.82, 2.24) is 10.2 Å². The van der Waals surface area contributed by atoms with Crippen molar-refractivity contribution >= 4 is 11.9 Å². The van der Waals surface area contributed by atoms with Crippen molar-refractivity contribution < 1.29 is 14.6 Å². The molecule has 6 nitrogen and oxygen atoms in total. The molecule has 0 unspecified atom stereocenters. The second-order valence-electron chi connectivity index (χ2n) is 8.16. The average Bonchev–Trinajstić information content (AvgIpc) is 2.53. The molecular weight excluding hydrogens is 306 g/mol. The van der Waals surface area contributed by atoms with Crippen molar-refractivity contribution in [1.29, 1.82) is 0 Å². The first-order valence-corrected chi connectivity index (χ1v) is 9.18. The molecule has 1 aliphatic heterocycles. The first-order valence-electron chi connectivity index (χ1n) is 9.18. The van der Waals surface area contributed by atoms with E-state index in [0.29, 0.717) is 26.2 Å². The molecule has 1 saturated carbocycles. The lowest BCUT2D eigenvalue weighted by Crippen LogP contribution is -2.51. The maximum atomic E-state index is 12.2. The lowest BCUT2D eigenvalue weighted by atomic mass is 9.78. The Balaban J connectivity index is 1.81. The Morgan fingerprint density at radius 1 is 1.42 bits per heavy atom. The fourth-order valence-electron chi connectivity index (χ4n) is 3.28. The van der Waals surface area contributed by atoms with E-state index in [1.165, 1.54) is 6.42 Å². The van der Waals surface area contributed by atoms with E-state index in [1.807, 2.05) is 20.8 Å². The molecule has 0 saturated heterocycles. The summed E-state index contributed by atoms with van der Waals surface area (Å²) in [7, 11) is 0. The molecule has 0 spiro atoms. The third-order valence-electron chi connectivity index (χ3n) is 4.90. The number of aliphatic imine (C=N–C) groups is 1. The van der Waals surface area contributed by atoms with Crippen LogP contribution in [0, 0.1) is 5.92 Å². The van der Waals surface area contributed by atoms with Crippen LogP contribution in [0.15, 0.2) is 4.99 Å². The first kappa shape index (κ1) is 19.0. The highest BCUT2D eigenvalue weighted by molar-refractivity contribution is 5.87. The van der Waals surface area contributed by atoms with E-state index in [9.17, 15) is 9.90 Å². The zero-order valence-electron chi connectivity index (χ0n) is 15.6. The number of ether oxygens (including phenoxy) is 1. The molecule has 0 radical (unpaired) electrons. The Morgan fingerprint density at radius 3 is 2.67 bits per heavy atom. The van der Waals surface area contributed by atoms with Crippen LogP contribution >= 0.6 is 0 Å². The van der Waals surface area contributed by atoms with Gasteiger partial charge in [0.2, 0.25) is 0 Å². The molecular formula is C18H33N3O3. The van der Waals surface area contributed by atoms with Gasteiger partial charge in [-0.15, -0.1) is 0 Å². The third-order valence-corrected chi connectivity index (χ3v) is 4.90. The molecule has 138 valence electrons. The first-order chi connectivity index (χ1) is 11.2. The highest BCUT2D eigenvalue weighted by atomic mass is 16.6. The van der Waals surface area contributed by atoms with Crippen LogP contribution in [0.4, 0.5) is 4.79 Å². The van der Waals surface area contributed by atoms with Crippen molar-refractivity contribution in [2.75, 3.05) is 26.2 Å². The van der Waals surface area contributed by atoms with Crippen molar-refractivity contribution in [3.8, 4) is 0 Å². The third kappa shape index (κ3) is 5.65. The Morgan fingerprint density at radius 2 is 2.08 bits per heavy atom. The van der Waals surface area contributed by atoms with Crippen molar-refractivity contribution in [3.63, 3.8) is 0 Å². The van der Waals surface area contributed by atoms with Gasteiger partial charge in [0.25, 0.3) is 0 Å². The number of nitrogens with zero attached hydrogens (tertiary/aromatic N) is 2. The van der Waals surface area contributed by atoms with Crippen LogP contribution in [0.3, 0.4) is 0 Å². The molecule has 0 atom stereocenters. The summed E-state index contributed by atoms with van der Waals surface area (Å²) in [6.45, 7) is 9.88. The summed E-state index contributed by atoms with van der Waals surface area (Å²) in [4.78, 5) is 18.3. The predicted molar refractivity (Wildman–Crippen MR) is 95.3 cm³/mol. The maximum Gasteiger partial charge on any atom is 0.410 e. The van der Waals surface area contributed by atoms with E-state index in [-0.39, 0.29) is 6.09 Å². The molecule has 0 aromatic carbocycles. The zero-order valence-corrected chi connectivity index (χ0v) is 15.6. The van der Waals surface area contributed by atoms with Crippen molar-refractivity contribution in [2.45, 2.75) is 71.0 Å². The maximum absolute atomic E-state index is 12.2. The number of nitrogens with one attached hydrogen (secondary N) is 1. The van der Waals surface area contributed by atoms with Gasteiger partial charge in [-0.2, -0.15) is 0 Å². The van der Waals surface area contributed by atoms with E-state index in [2.05, 4.69) is 17.2 Å². The molecule has 1 amide bonds. The summed E-state index contributed by atoms with van der Waals surface area (Å²) in [6, 6.07) is 0. The second kappa shape index (κ2) is 7.72. The van der Waals surface area contributed by atoms with E-state index >= 15 is 0 Å². The van der Waals surface area contributed by atoms with Crippen LogP contribution in [-0.4, -0.2) is 59.3 Å². The molecule has 2 aliphatic rings. The quantitative estimate of drug-likeness (QED) is 0.829. The predicted octanol–water partition coefficient (Wildman–Crippen LogP) is 2.56. The summed E-state index contributed by atoms with van der Waals surface area (Å²) in [5.41, 5.74) is -1.14. The van der Waals surface area contributed by atoms with Crippen LogP contribution in [0.1, 0.15) is 59.8 Å². The number of rotatable bonds is 3. The van der Waals surface area contributed by atoms with Crippen LogP contribution in [-0.2, 0) is 4.74 Å². The molecule has 1 aliphatic carbocycles. The van der Waals surface area contributed by atoms with Gasteiger partial charge in [0.05, 0.1) is 18.7 Å². The second-order valence-corrected chi connectivity index (χ2v) is 8.16. The van der Waals surface area contributed by atoms with E-state index in [0.717, 1.165) is 37.4 Å². The molecule has 0 bridgehead atoms. The fraction of sp³-hybridized carbons (Fsp3) is 0.889.